The van der Waals surface area contributed by atoms with Gasteiger partial charge in [0.2, 0.25) is 0 Å². The van der Waals surface area contributed by atoms with E-state index in [1.807, 2.05) is 0 Å². The van der Waals surface area contributed by atoms with Crippen molar-refractivity contribution in [2.45, 2.75) is 4.90 Å². The minimum atomic E-state index is -4.04. The molecule has 0 heterocycles. The Balaban J connectivity index is 2.53. The van der Waals surface area contributed by atoms with Crippen LogP contribution < -0.4 is 4.31 Å². The van der Waals surface area contributed by atoms with E-state index in [1.54, 1.807) is 6.07 Å². The van der Waals surface area contributed by atoms with Crippen LogP contribution in [0.1, 0.15) is 0 Å². The number of hydrogen-bond donors (Lipinski definition) is 1. The van der Waals surface area contributed by atoms with Gasteiger partial charge < -0.3 is 5.11 Å². The number of nitrogens with zero attached hydrogens (tertiary/aromatic N) is 1. The maximum absolute atomic E-state index is 13.8. The molecule has 0 aliphatic rings. The molecule has 112 valence electrons. The van der Waals surface area contributed by atoms with Crippen LogP contribution in [0.25, 0.3) is 0 Å². The summed E-state index contributed by atoms with van der Waals surface area (Å²) < 4.78 is 52.5. The van der Waals surface area contributed by atoms with Crippen LogP contribution in [-0.2, 0) is 10.0 Å². The Hall–Kier alpha value is -1.99. The van der Waals surface area contributed by atoms with Crippen LogP contribution in [-0.4, -0.2) is 26.7 Å². The second-order valence-corrected chi connectivity index (χ2v) is 6.07. The van der Waals surface area contributed by atoms with Crippen molar-refractivity contribution in [1.29, 1.82) is 0 Å². The fourth-order valence-corrected chi connectivity index (χ4v) is 3.35. The van der Waals surface area contributed by atoms with Gasteiger partial charge in [0, 0.05) is 6.07 Å². The standard InChI is InChI=1S/C14H13F2NO3S/c15-11-6-7-14(13(16)10-11)17(8-9-18)21(19,20)12-4-2-1-3-5-12/h1-7,10,18H,8-9H2. The lowest BCUT2D eigenvalue weighted by Gasteiger charge is -2.24. The first-order valence-corrected chi connectivity index (χ1v) is 7.54. The first-order valence-electron chi connectivity index (χ1n) is 6.10. The van der Waals surface area contributed by atoms with Gasteiger partial charge in [-0.3, -0.25) is 4.31 Å². The monoisotopic (exact) mass is 313 g/mol. The predicted molar refractivity (Wildman–Crippen MR) is 74.4 cm³/mol. The number of aliphatic hydroxyl groups is 1. The van der Waals surface area contributed by atoms with Gasteiger partial charge in [-0.15, -0.1) is 0 Å². The molecule has 0 aromatic heterocycles. The van der Waals surface area contributed by atoms with E-state index in [4.69, 9.17) is 5.11 Å². The Labute approximate surface area is 121 Å². The van der Waals surface area contributed by atoms with Crippen molar-refractivity contribution in [2.75, 3.05) is 17.5 Å². The number of sulfonamides is 1. The summed E-state index contributed by atoms with van der Waals surface area (Å²) in [6.45, 7) is -0.831. The molecule has 2 rings (SSSR count). The van der Waals surface area contributed by atoms with Crippen molar-refractivity contribution in [1.82, 2.24) is 0 Å². The van der Waals surface area contributed by atoms with E-state index < -0.39 is 28.3 Å². The number of aliphatic hydroxyl groups excluding tert-OH is 1. The fourth-order valence-electron chi connectivity index (χ4n) is 1.86. The maximum atomic E-state index is 13.8. The highest BCUT2D eigenvalue weighted by molar-refractivity contribution is 7.92. The second-order valence-electron chi connectivity index (χ2n) is 4.21. The van der Waals surface area contributed by atoms with Gasteiger partial charge >= 0.3 is 0 Å². The molecule has 0 spiro atoms. The van der Waals surface area contributed by atoms with E-state index in [0.717, 1.165) is 16.4 Å². The van der Waals surface area contributed by atoms with Gasteiger partial charge in [0.25, 0.3) is 10.0 Å². The number of rotatable bonds is 5. The van der Waals surface area contributed by atoms with Gasteiger partial charge in [-0.1, -0.05) is 18.2 Å². The van der Waals surface area contributed by atoms with E-state index >= 15 is 0 Å². The number of halogens is 2. The molecule has 0 amide bonds. The Bertz CT molecular complexity index is 720. The summed E-state index contributed by atoms with van der Waals surface area (Å²) in [5.74, 6) is -1.82. The zero-order valence-electron chi connectivity index (χ0n) is 10.9. The summed E-state index contributed by atoms with van der Waals surface area (Å²) in [7, 11) is -4.04. The first kappa shape index (κ1) is 15.4. The number of benzene rings is 2. The van der Waals surface area contributed by atoms with Gasteiger partial charge in [0.15, 0.2) is 0 Å². The molecule has 0 unspecified atom stereocenters. The van der Waals surface area contributed by atoms with E-state index in [2.05, 4.69) is 0 Å². The molecule has 2 aromatic carbocycles. The third-order valence-corrected chi connectivity index (χ3v) is 4.64. The number of anilines is 1. The Morgan fingerprint density at radius 3 is 2.29 bits per heavy atom. The molecule has 4 nitrogen and oxygen atoms in total. The first-order chi connectivity index (χ1) is 9.96. The van der Waals surface area contributed by atoms with Gasteiger partial charge in [-0.25, -0.2) is 17.2 Å². The minimum absolute atomic E-state index is 0.0397. The average Bonchev–Trinajstić information content (AvgIpc) is 2.46. The van der Waals surface area contributed by atoms with Crippen molar-refractivity contribution in [3.8, 4) is 0 Å². The van der Waals surface area contributed by atoms with Gasteiger partial charge in [-0.05, 0) is 24.3 Å². The number of hydrogen-bond acceptors (Lipinski definition) is 3. The predicted octanol–water partition coefficient (Wildman–Crippen LogP) is 2.15. The van der Waals surface area contributed by atoms with Gasteiger partial charge in [0.1, 0.15) is 11.6 Å². The van der Waals surface area contributed by atoms with Crippen LogP contribution in [0.4, 0.5) is 14.5 Å². The molecule has 0 fully saturated rings. The van der Waals surface area contributed by atoms with Gasteiger partial charge in [0.05, 0.1) is 23.7 Å². The molecule has 0 bridgehead atoms. The lowest BCUT2D eigenvalue weighted by Crippen LogP contribution is -2.34. The van der Waals surface area contributed by atoms with Crippen LogP contribution in [0.5, 0.6) is 0 Å². The minimum Gasteiger partial charge on any atom is -0.394 e. The third-order valence-electron chi connectivity index (χ3n) is 2.81. The molecular formula is C14H13F2NO3S. The molecule has 0 saturated heterocycles. The molecule has 0 atom stereocenters. The molecular weight excluding hydrogens is 300 g/mol. The Kier molecular flexibility index (Phi) is 4.54. The topological polar surface area (TPSA) is 57.6 Å². The van der Waals surface area contributed by atoms with Gasteiger partial charge in [-0.2, -0.15) is 0 Å². The summed E-state index contributed by atoms with van der Waals surface area (Å²) in [5.41, 5.74) is -0.311. The molecule has 0 aliphatic heterocycles. The van der Waals surface area contributed by atoms with E-state index in [-0.39, 0.29) is 17.1 Å². The van der Waals surface area contributed by atoms with E-state index in [0.29, 0.717) is 6.07 Å². The lowest BCUT2D eigenvalue weighted by atomic mass is 10.3. The molecule has 1 N–H and O–H groups in total. The maximum Gasteiger partial charge on any atom is 0.264 e. The van der Waals surface area contributed by atoms with Crippen LogP contribution in [0.3, 0.4) is 0 Å². The SMILES string of the molecule is O=S(=O)(c1ccccc1)N(CCO)c1ccc(F)cc1F. The highest BCUT2D eigenvalue weighted by atomic mass is 32.2. The molecule has 0 aliphatic carbocycles. The van der Waals surface area contributed by atoms with E-state index in [1.165, 1.54) is 24.3 Å². The molecule has 2 aromatic rings. The van der Waals surface area contributed by atoms with Crippen molar-refractivity contribution in [3.63, 3.8) is 0 Å². The van der Waals surface area contributed by atoms with E-state index in [9.17, 15) is 17.2 Å². The smallest absolute Gasteiger partial charge is 0.264 e. The summed E-state index contributed by atoms with van der Waals surface area (Å²) >= 11 is 0. The molecule has 0 radical (unpaired) electrons. The zero-order valence-corrected chi connectivity index (χ0v) is 11.7. The lowest BCUT2D eigenvalue weighted by molar-refractivity contribution is 0.306. The molecule has 7 heteroatoms. The highest BCUT2D eigenvalue weighted by Gasteiger charge is 2.26. The van der Waals surface area contributed by atoms with Crippen molar-refractivity contribution in [2.24, 2.45) is 0 Å². The van der Waals surface area contributed by atoms with Crippen LogP contribution in [0.15, 0.2) is 53.4 Å². The highest BCUT2D eigenvalue weighted by Crippen LogP contribution is 2.26. The average molecular weight is 313 g/mol. The Morgan fingerprint density at radius 1 is 1.05 bits per heavy atom. The summed E-state index contributed by atoms with van der Waals surface area (Å²) in [5, 5.41) is 9.05. The Morgan fingerprint density at radius 2 is 1.71 bits per heavy atom. The molecule has 0 saturated carbocycles. The summed E-state index contributed by atoms with van der Waals surface area (Å²) in [6, 6.07) is 10.0. The second kappa shape index (κ2) is 6.19. The normalized spacial score (nSPS) is 11.4. The molecule has 21 heavy (non-hydrogen) atoms. The van der Waals surface area contributed by atoms with Crippen LogP contribution in [0.2, 0.25) is 0 Å². The van der Waals surface area contributed by atoms with Crippen molar-refractivity contribution in [3.05, 3.63) is 60.2 Å². The summed E-state index contributed by atoms with van der Waals surface area (Å²) in [4.78, 5) is -0.0397. The van der Waals surface area contributed by atoms with Crippen molar-refractivity contribution < 1.29 is 22.3 Å². The zero-order chi connectivity index (χ0) is 15.5. The third kappa shape index (κ3) is 3.20. The van der Waals surface area contributed by atoms with Crippen LogP contribution >= 0.6 is 0 Å². The van der Waals surface area contributed by atoms with Crippen molar-refractivity contribution >= 4 is 15.7 Å². The van der Waals surface area contributed by atoms with Crippen LogP contribution in [0, 0.1) is 11.6 Å². The largest absolute Gasteiger partial charge is 0.394 e. The summed E-state index contributed by atoms with van der Waals surface area (Å²) in [6.07, 6.45) is 0. The quantitative estimate of drug-likeness (QED) is 0.920. The fraction of sp³-hybridized carbons (Fsp3) is 0.143.